The average molecular weight is 235 g/mol. The van der Waals surface area contributed by atoms with Gasteiger partial charge >= 0.3 is 0 Å². The molecule has 1 aliphatic carbocycles. The van der Waals surface area contributed by atoms with Crippen LogP contribution in [0.15, 0.2) is 24.3 Å². The van der Waals surface area contributed by atoms with Gasteiger partial charge in [-0.1, -0.05) is 0 Å². The molecule has 3 nitrogen and oxygen atoms in total. The van der Waals surface area contributed by atoms with Gasteiger partial charge in [-0.05, 0) is 49.9 Å². The molecule has 1 aromatic rings. The lowest BCUT2D eigenvalue weighted by atomic mass is 10.2. The summed E-state index contributed by atoms with van der Waals surface area (Å²) in [4.78, 5) is 0. The van der Waals surface area contributed by atoms with Crippen LogP contribution in [0.2, 0.25) is 0 Å². The van der Waals surface area contributed by atoms with E-state index in [1.54, 1.807) is 7.11 Å². The number of benzene rings is 1. The quantitative estimate of drug-likeness (QED) is 0.788. The van der Waals surface area contributed by atoms with E-state index in [0.29, 0.717) is 12.6 Å². The van der Waals surface area contributed by atoms with Crippen LogP contribution in [0.1, 0.15) is 19.8 Å². The van der Waals surface area contributed by atoms with E-state index < -0.39 is 0 Å². The van der Waals surface area contributed by atoms with Crippen LogP contribution in [0, 0.1) is 5.92 Å². The van der Waals surface area contributed by atoms with Crippen molar-refractivity contribution in [3.63, 3.8) is 0 Å². The zero-order valence-corrected chi connectivity index (χ0v) is 10.6. The lowest BCUT2D eigenvalue weighted by Crippen LogP contribution is -2.27. The van der Waals surface area contributed by atoms with E-state index in [1.807, 2.05) is 19.1 Å². The summed E-state index contributed by atoms with van der Waals surface area (Å²) in [5.41, 5.74) is 1.14. The molecule has 94 valence electrons. The largest absolute Gasteiger partial charge is 0.494 e. The van der Waals surface area contributed by atoms with Crippen LogP contribution in [0.25, 0.3) is 0 Å². The third-order valence-corrected chi connectivity index (χ3v) is 3.05. The van der Waals surface area contributed by atoms with Gasteiger partial charge in [0, 0.05) is 12.8 Å². The normalized spacial score (nSPS) is 16.6. The molecule has 0 saturated heterocycles. The lowest BCUT2D eigenvalue weighted by molar-refractivity contribution is 0.179. The Hall–Kier alpha value is -1.22. The SMILES string of the molecule is CCOc1ccc(NC(COC)C2CC2)cc1. The molecule has 17 heavy (non-hydrogen) atoms. The summed E-state index contributed by atoms with van der Waals surface area (Å²) in [5, 5.41) is 3.53. The summed E-state index contributed by atoms with van der Waals surface area (Å²) in [6.07, 6.45) is 2.64. The number of nitrogens with one attached hydrogen (secondary N) is 1. The summed E-state index contributed by atoms with van der Waals surface area (Å²) in [6, 6.07) is 8.58. The van der Waals surface area contributed by atoms with Crippen molar-refractivity contribution in [2.75, 3.05) is 25.6 Å². The molecule has 0 heterocycles. The van der Waals surface area contributed by atoms with Crippen molar-refractivity contribution in [3.05, 3.63) is 24.3 Å². The predicted molar refractivity (Wildman–Crippen MR) is 69.6 cm³/mol. The van der Waals surface area contributed by atoms with Gasteiger partial charge in [0.2, 0.25) is 0 Å². The van der Waals surface area contributed by atoms with Crippen LogP contribution in [0.5, 0.6) is 5.75 Å². The molecular weight excluding hydrogens is 214 g/mol. The minimum atomic E-state index is 0.443. The highest BCUT2D eigenvalue weighted by molar-refractivity contribution is 5.47. The second-order valence-electron chi connectivity index (χ2n) is 4.50. The number of rotatable bonds is 7. The summed E-state index contributed by atoms with van der Waals surface area (Å²) in [5.74, 6) is 1.70. The second-order valence-corrected chi connectivity index (χ2v) is 4.50. The van der Waals surface area contributed by atoms with Gasteiger partial charge in [0.15, 0.2) is 0 Å². The van der Waals surface area contributed by atoms with Crippen molar-refractivity contribution in [2.24, 2.45) is 5.92 Å². The minimum Gasteiger partial charge on any atom is -0.494 e. The highest BCUT2D eigenvalue weighted by atomic mass is 16.5. The molecule has 1 aliphatic rings. The van der Waals surface area contributed by atoms with Crippen LogP contribution in [-0.2, 0) is 4.74 Å². The first-order chi connectivity index (χ1) is 8.33. The van der Waals surface area contributed by atoms with Gasteiger partial charge in [-0.3, -0.25) is 0 Å². The molecule has 1 saturated carbocycles. The van der Waals surface area contributed by atoms with Gasteiger partial charge in [-0.25, -0.2) is 0 Å². The molecule has 2 rings (SSSR count). The van der Waals surface area contributed by atoms with E-state index in [9.17, 15) is 0 Å². The summed E-state index contributed by atoms with van der Waals surface area (Å²) >= 11 is 0. The molecule has 0 bridgehead atoms. The molecule has 0 aromatic heterocycles. The number of hydrogen-bond donors (Lipinski definition) is 1. The Kier molecular flexibility index (Phi) is 4.26. The van der Waals surface area contributed by atoms with E-state index in [0.717, 1.165) is 24.0 Å². The molecule has 1 fully saturated rings. The van der Waals surface area contributed by atoms with Crippen molar-refractivity contribution < 1.29 is 9.47 Å². The summed E-state index contributed by atoms with van der Waals surface area (Å²) in [6.45, 7) is 3.48. The maximum absolute atomic E-state index is 5.42. The molecule has 1 unspecified atom stereocenters. The Bertz CT molecular complexity index is 333. The molecule has 1 N–H and O–H groups in total. The Balaban J connectivity index is 1.92. The molecule has 1 atom stereocenters. The van der Waals surface area contributed by atoms with Gasteiger partial charge < -0.3 is 14.8 Å². The Morgan fingerprint density at radius 1 is 1.29 bits per heavy atom. The monoisotopic (exact) mass is 235 g/mol. The molecular formula is C14H21NO2. The molecule has 0 radical (unpaired) electrons. The van der Waals surface area contributed by atoms with E-state index in [-0.39, 0.29) is 0 Å². The number of ether oxygens (including phenoxy) is 2. The van der Waals surface area contributed by atoms with E-state index in [4.69, 9.17) is 9.47 Å². The average Bonchev–Trinajstić information content (AvgIpc) is 3.15. The predicted octanol–water partition coefficient (Wildman–Crippen LogP) is 2.92. The van der Waals surface area contributed by atoms with Crippen LogP contribution < -0.4 is 10.1 Å². The van der Waals surface area contributed by atoms with Crippen LogP contribution >= 0.6 is 0 Å². The van der Waals surface area contributed by atoms with Crippen molar-refractivity contribution in [1.82, 2.24) is 0 Å². The van der Waals surface area contributed by atoms with Crippen molar-refractivity contribution >= 4 is 5.69 Å². The van der Waals surface area contributed by atoms with Gasteiger partial charge in [0.05, 0.1) is 19.3 Å². The maximum Gasteiger partial charge on any atom is 0.119 e. The van der Waals surface area contributed by atoms with E-state index in [2.05, 4.69) is 17.4 Å². The summed E-state index contributed by atoms with van der Waals surface area (Å²) < 4.78 is 10.7. The van der Waals surface area contributed by atoms with Crippen molar-refractivity contribution in [1.29, 1.82) is 0 Å². The first-order valence-corrected chi connectivity index (χ1v) is 6.31. The van der Waals surface area contributed by atoms with Crippen LogP contribution in [-0.4, -0.2) is 26.4 Å². The molecule has 0 amide bonds. The topological polar surface area (TPSA) is 30.5 Å². The highest BCUT2D eigenvalue weighted by Crippen LogP contribution is 2.34. The molecule has 0 spiro atoms. The van der Waals surface area contributed by atoms with Crippen molar-refractivity contribution in [2.45, 2.75) is 25.8 Å². The first-order valence-electron chi connectivity index (χ1n) is 6.31. The highest BCUT2D eigenvalue weighted by Gasteiger charge is 2.30. The minimum absolute atomic E-state index is 0.443. The number of methoxy groups -OCH3 is 1. The second kappa shape index (κ2) is 5.92. The fourth-order valence-corrected chi connectivity index (χ4v) is 2.00. The Labute approximate surface area is 103 Å². The van der Waals surface area contributed by atoms with E-state index in [1.165, 1.54) is 12.8 Å². The number of hydrogen-bond acceptors (Lipinski definition) is 3. The molecule has 0 aliphatic heterocycles. The standard InChI is InChI=1S/C14H21NO2/c1-3-17-13-8-6-12(7-9-13)15-14(10-16-2)11-4-5-11/h6-9,11,14-15H,3-5,10H2,1-2H3. The zero-order valence-electron chi connectivity index (χ0n) is 10.6. The lowest BCUT2D eigenvalue weighted by Gasteiger charge is -2.18. The van der Waals surface area contributed by atoms with Gasteiger partial charge in [0.25, 0.3) is 0 Å². The third kappa shape index (κ3) is 3.63. The smallest absolute Gasteiger partial charge is 0.119 e. The fourth-order valence-electron chi connectivity index (χ4n) is 2.00. The molecule has 1 aromatic carbocycles. The zero-order chi connectivity index (χ0) is 12.1. The molecule has 3 heteroatoms. The fraction of sp³-hybridized carbons (Fsp3) is 0.571. The van der Waals surface area contributed by atoms with Gasteiger partial charge in [-0.15, -0.1) is 0 Å². The van der Waals surface area contributed by atoms with Crippen LogP contribution in [0.4, 0.5) is 5.69 Å². The van der Waals surface area contributed by atoms with Gasteiger partial charge in [-0.2, -0.15) is 0 Å². The summed E-state index contributed by atoms with van der Waals surface area (Å²) in [7, 11) is 1.76. The Morgan fingerprint density at radius 3 is 2.53 bits per heavy atom. The number of anilines is 1. The maximum atomic E-state index is 5.42. The van der Waals surface area contributed by atoms with Gasteiger partial charge in [0.1, 0.15) is 5.75 Å². The first kappa shape index (κ1) is 12.2. The van der Waals surface area contributed by atoms with Crippen LogP contribution in [0.3, 0.4) is 0 Å². The Morgan fingerprint density at radius 2 is 2.00 bits per heavy atom. The van der Waals surface area contributed by atoms with Crippen molar-refractivity contribution in [3.8, 4) is 5.75 Å². The van der Waals surface area contributed by atoms with E-state index >= 15 is 0 Å². The third-order valence-electron chi connectivity index (χ3n) is 3.05.